The van der Waals surface area contributed by atoms with E-state index in [0.717, 1.165) is 24.8 Å². The van der Waals surface area contributed by atoms with Gasteiger partial charge in [0.05, 0.1) is 11.6 Å². The zero-order valence-corrected chi connectivity index (χ0v) is 12.1. The number of ether oxygens (including phenoxy) is 1. The Labute approximate surface area is 115 Å². The lowest BCUT2D eigenvalue weighted by Crippen LogP contribution is -2.55. The van der Waals surface area contributed by atoms with Crippen LogP contribution in [0.25, 0.3) is 0 Å². The summed E-state index contributed by atoms with van der Waals surface area (Å²) in [5.74, 6) is 5.49. The maximum atomic E-state index is 12.9. The van der Waals surface area contributed by atoms with E-state index in [4.69, 9.17) is 10.6 Å². The van der Waals surface area contributed by atoms with Crippen molar-refractivity contribution in [1.82, 2.24) is 5.43 Å². The molecule has 1 atom stereocenters. The summed E-state index contributed by atoms with van der Waals surface area (Å²) in [7, 11) is 0. The Morgan fingerprint density at radius 2 is 1.79 bits per heavy atom. The predicted molar refractivity (Wildman–Crippen MR) is 76.2 cm³/mol. The van der Waals surface area contributed by atoms with Crippen LogP contribution >= 0.6 is 0 Å². The molecule has 0 amide bonds. The molecule has 0 aliphatic rings. The standard InChI is InChI=1S/C15H25FN2O/c1-4-15(5-2,19-6-3)14(18-17)11-12-7-9-13(16)10-8-12/h7-10,14,18H,4-6,11,17H2,1-3H3. The lowest BCUT2D eigenvalue weighted by atomic mass is 9.84. The monoisotopic (exact) mass is 268 g/mol. The topological polar surface area (TPSA) is 47.3 Å². The van der Waals surface area contributed by atoms with Gasteiger partial charge in [0.15, 0.2) is 0 Å². The van der Waals surface area contributed by atoms with Crippen molar-refractivity contribution in [2.24, 2.45) is 5.84 Å². The van der Waals surface area contributed by atoms with Gasteiger partial charge in [0.1, 0.15) is 5.82 Å². The first-order chi connectivity index (χ1) is 9.11. The number of benzene rings is 1. The van der Waals surface area contributed by atoms with Gasteiger partial charge in [-0.25, -0.2) is 4.39 Å². The third kappa shape index (κ3) is 4.00. The van der Waals surface area contributed by atoms with Gasteiger partial charge < -0.3 is 4.74 Å². The molecule has 1 rings (SSSR count). The van der Waals surface area contributed by atoms with E-state index >= 15 is 0 Å². The fourth-order valence-corrected chi connectivity index (χ4v) is 2.59. The molecule has 108 valence electrons. The second-order valence-corrected chi connectivity index (χ2v) is 4.75. The highest BCUT2D eigenvalue weighted by Gasteiger charge is 2.35. The van der Waals surface area contributed by atoms with Crippen molar-refractivity contribution in [2.75, 3.05) is 6.61 Å². The lowest BCUT2D eigenvalue weighted by Gasteiger charge is -2.39. The molecule has 3 nitrogen and oxygen atoms in total. The highest BCUT2D eigenvalue weighted by Crippen LogP contribution is 2.27. The normalized spacial score (nSPS) is 13.5. The molecule has 19 heavy (non-hydrogen) atoms. The average molecular weight is 268 g/mol. The summed E-state index contributed by atoms with van der Waals surface area (Å²) in [5, 5.41) is 0. The maximum Gasteiger partial charge on any atom is 0.123 e. The van der Waals surface area contributed by atoms with E-state index in [1.807, 2.05) is 6.92 Å². The number of hydrogen-bond acceptors (Lipinski definition) is 3. The summed E-state index contributed by atoms with van der Waals surface area (Å²) in [4.78, 5) is 0. The average Bonchev–Trinajstić information content (AvgIpc) is 2.44. The van der Waals surface area contributed by atoms with Gasteiger partial charge >= 0.3 is 0 Å². The molecule has 0 heterocycles. The van der Waals surface area contributed by atoms with Crippen LogP contribution in [0.2, 0.25) is 0 Å². The molecule has 0 saturated heterocycles. The van der Waals surface area contributed by atoms with Crippen LogP contribution < -0.4 is 11.3 Å². The highest BCUT2D eigenvalue weighted by atomic mass is 19.1. The molecule has 1 unspecified atom stereocenters. The van der Waals surface area contributed by atoms with Crippen LogP contribution in [0.3, 0.4) is 0 Å². The molecule has 0 aliphatic heterocycles. The highest BCUT2D eigenvalue weighted by molar-refractivity contribution is 5.18. The molecule has 3 N–H and O–H groups in total. The van der Waals surface area contributed by atoms with E-state index in [1.165, 1.54) is 12.1 Å². The molecule has 0 aliphatic carbocycles. The number of rotatable bonds is 8. The third-order valence-corrected chi connectivity index (χ3v) is 3.82. The fraction of sp³-hybridized carbons (Fsp3) is 0.600. The van der Waals surface area contributed by atoms with Gasteiger partial charge in [-0.05, 0) is 43.9 Å². The van der Waals surface area contributed by atoms with Crippen molar-refractivity contribution in [2.45, 2.75) is 51.7 Å². The van der Waals surface area contributed by atoms with Crippen LogP contribution in [0.4, 0.5) is 4.39 Å². The molecule has 0 radical (unpaired) electrons. The van der Waals surface area contributed by atoms with Gasteiger partial charge in [0.2, 0.25) is 0 Å². The van der Waals surface area contributed by atoms with E-state index in [-0.39, 0.29) is 17.5 Å². The summed E-state index contributed by atoms with van der Waals surface area (Å²) in [5.41, 5.74) is 3.65. The molecule has 0 bridgehead atoms. The van der Waals surface area contributed by atoms with Crippen LogP contribution in [0, 0.1) is 5.82 Å². The molecule has 4 heteroatoms. The number of nitrogens with two attached hydrogens (primary N) is 1. The number of hydrogen-bond donors (Lipinski definition) is 2. The summed E-state index contributed by atoms with van der Waals surface area (Å²) < 4.78 is 18.9. The van der Waals surface area contributed by atoms with Crippen molar-refractivity contribution in [3.05, 3.63) is 35.6 Å². The SMILES string of the molecule is CCOC(CC)(CC)C(Cc1ccc(F)cc1)NN. The largest absolute Gasteiger partial charge is 0.374 e. The number of nitrogens with one attached hydrogen (secondary N) is 1. The van der Waals surface area contributed by atoms with Gasteiger partial charge in [-0.1, -0.05) is 26.0 Å². The van der Waals surface area contributed by atoms with Crippen LogP contribution in [0.5, 0.6) is 0 Å². The van der Waals surface area contributed by atoms with E-state index < -0.39 is 0 Å². The molecule has 0 saturated carbocycles. The minimum absolute atomic E-state index is 0.00733. The molecule has 0 fully saturated rings. The minimum Gasteiger partial charge on any atom is -0.374 e. The van der Waals surface area contributed by atoms with Crippen molar-refractivity contribution in [3.63, 3.8) is 0 Å². The van der Waals surface area contributed by atoms with Crippen LogP contribution in [0.15, 0.2) is 24.3 Å². The second-order valence-electron chi connectivity index (χ2n) is 4.75. The Morgan fingerprint density at radius 3 is 2.21 bits per heavy atom. The van der Waals surface area contributed by atoms with E-state index in [0.29, 0.717) is 6.61 Å². The Balaban J connectivity index is 2.88. The Kier molecular flexibility index (Phi) is 6.42. The first-order valence-electron chi connectivity index (χ1n) is 6.96. The van der Waals surface area contributed by atoms with Gasteiger partial charge in [-0.2, -0.15) is 0 Å². The smallest absolute Gasteiger partial charge is 0.123 e. The first kappa shape index (κ1) is 16.1. The van der Waals surface area contributed by atoms with Gasteiger partial charge in [-0.3, -0.25) is 11.3 Å². The van der Waals surface area contributed by atoms with Crippen molar-refractivity contribution in [3.8, 4) is 0 Å². The summed E-state index contributed by atoms with van der Waals surface area (Å²) in [6.45, 7) is 6.86. The third-order valence-electron chi connectivity index (χ3n) is 3.82. The molecular formula is C15H25FN2O. The molecule has 0 spiro atoms. The molecular weight excluding hydrogens is 243 g/mol. The first-order valence-corrected chi connectivity index (χ1v) is 6.96. The van der Waals surface area contributed by atoms with Crippen molar-refractivity contribution in [1.29, 1.82) is 0 Å². The molecule has 0 aromatic heterocycles. The van der Waals surface area contributed by atoms with Crippen molar-refractivity contribution < 1.29 is 9.13 Å². The zero-order valence-electron chi connectivity index (χ0n) is 12.1. The van der Waals surface area contributed by atoms with Gasteiger partial charge in [-0.15, -0.1) is 0 Å². The minimum atomic E-state index is -0.280. The van der Waals surface area contributed by atoms with Crippen LogP contribution in [-0.4, -0.2) is 18.2 Å². The number of halogens is 1. The van der Waals surface area contributed by atoms with E-state index in [9.17, 15) is 4.39 Å². The predicted octanol–water partition coefficient (Wildman–Crippen LogP) is 2.80. The van der Waals surface area contributed by atoms with Crippen LogP contribution in [-0.2, 0) is 11.2 Å². The van der Waals surface area contributed by atoms with E-state index in [2.05, 4.69) is 19.3 Å². The van der Waals surface area contributed by atoms with Gasteiger partial charge in [0, 0.05) is 6.61 Å². The number of hydrazine groups is 1. The Morgan fingerprint density at radius 1 is 1.21 bits per heavy atom. The van der Waals surface area contributed by atoms with E-state index in [1.54, 1.807) is 12.1 Å². The zero-order chi connectivity index (χ0) is 14.3. The van der Waals surface area contributed by atoms with Crippen LogP contribution in [0.1, 0.15) is 39.2 Å². The summed E-state index contributed by atoms with van der Waals surface area (Å²) in [6, 6.07) is 6.54. The second kappa shape index (κ2) is 7.58. The Bertz CT molecular complexity index is 363. The quantitative estimate of drug-likeness (QED) is 0.563. The van der Waals surface area contributed by atoms with Gasteiger partial charge in [0.25, 0.3) is 0 Å². The molecule has 1 aromatic carbocycles. The summed E-state index contributed by atoms with van der Waals surface area (Å²) in [6.07, 6.45) is 2.49. The lowest BCUT2D eigenvalue weighted by molar-refractivity contribution is -0.0719. The maximum absolute atomic E-state index is 12.9. The summed E-state index contributed by atoms with van der Waals surface area (Å²) >= 11 is 0. The van der Waals surface area contributed by atoms with Crippen molar-refractivity contribution >= 4 is 0 Å². The molecule has 1 aromatic rings. The fourth-order valence-electron chi connectivity index (χ4n) is 2.59. The Hall–Kier alpha value is -0.970.